The fourth-order valence-corrected chi connectivity index (χ4v) is 2.45. The average molecular weight is 244 g/mol. The minimum Gasteiger partial charge on any atom is -0.249 e. The Bertz CT molecular complexity index is 465. The number of benzene rings is 1. The number of aryl methyl sites for hydroxylation is 1. The van der Waals surface area contributed by atoms with Crippen LogP contribution in [0.5, 0.6) is 0 Å². The molecule has 0 unspecified atom stereocenters. The van der Waals surface area contributed by atoms with Gasteiger partial charge in [0.1, 0.15) is 0 Å². The second-order valence-corrected chi connectivity index (χ2v) is 4.86. The number of hydrogen-bond acceptors (Lipinski definition) is 2. The normalized spacial score (nSPS) is 10.5. The van der Waals surface area contributed by atoms with Gasteiger partial charge in [-0.15, -0.1) is 11.3 Å². The van der Waals surface area contributed by atoms with Gasteiger partial charge < -0.3 is 0 Å². The summed E-state index contributed by atoms with van der Waals surface area (Å²) in [5.41, 5.74) is 0.949. The van der Waals surface area contributed by atoms with E-state index in [1.165, 1.54) is 0 Å². The number of nitrogens with zero attached hydrogens (tertiary/aromatic N) is 1. The molecule has 72 valence electrons. The van der Waals surface area contributed by atoms with Gasteiger partial charge in [-0.05, 0) is 13.0 Å². The average Bonchev–Trinajstić information content (AvgIpc) is 2.57. The first-order valence-corrected chi connectivity index (χ1v) is 5.62. The molecule has 0 bridgehead atoms. The molecule has 0 aliphatic heterocycles. The van der Waals surface area contributed by atoms with Crippen LogP contribution in [0.15, 0.2) is 24.4 Å². The lowest BCUT2D eigenvalue weighted by Gasteiger charge is -2.01. The third kappa shape index (κ3) is 1.78. The summed E-state index contributed by atoms with van der Waals surface area (Å²) >= 11 is 13.6. The van der Waals surface area contributed by atoms with Crippen LogP contribution in [0.2, 0.25) is 10.0 Å². The maximum Gasteiger partial charge on any atom is 0.0900 e. The summed E-state index contributed by atoms with van der Waals surface area (Å²) in [6.45, 7) is 1.96. The van der Waals surface area contributed by atoms with Crippen LogP contribution in [0.1, 0.15) is 5.01 Å². The van der Waals surface area contributed by atoms with Crippen LogP contribution in [-0.4, -0.2) is 4.98 Å². The van der Waals surface area contributed by atoms with Crippen molar-refractivity contribution in [2.24, 2.45) is 0 Å². The maximum absolute atomic E-state index is 6.08. The molecule has 1 heterocycles. The van der Waals surface area contributed by atoms with Crippen molar-refractivity contribution in [1.82, 2.24) is 4.98 Å². The van der Waals surface area contributed by atoms with Crippen LogP contribution in [0.3, 0.4) is 0 Å². The van der Waals surface area contributed by atoms with Crippen molar-refractivity contribution in [1.29, 1.82) is 0 Å². The summed E-state index contributed by atoms with van der Waals surface area (Å²) in [4.78, 5) is 5.23. The molecule has 0 spiro atoms. The zero-order chi connectivity index (χ0) is 10.1. The van der Waals surface area contributed by atoms with Crippen LogP contribution in [0.25, 0.3) is 10.4 Å². The van der Waals surface area contributed by atoms with E-state index in [-0.39, 0.29) is 0 Å². The van der Waals surface area contributed by atoms with Gasteiger partial charge in [0.2, 0.25) is 0 Å². The predicted molar refractivity (Wildman–Crippen MR) is 62.3 cm³/mol. The largest absolute Gasteiger partial charge is 0.249 e. The molecular formula is C10H7Cl2NS. The Morgan fingerprint density at radius 3 is 2.71 bits per heavy atom. The van der Waals surface area contributed by atoms with Crippen molar-refractivity contribution < 1.29 is 0 Å². The molecule has 0 saturated carbocycles. The SMILES string of the molecule is Cc1ncc(-c2cccc(Cl)c2Cl)s1. The fourth-order valence-electron chi connectivity index (χ4n) is 1.18. The second kappa shape index (κ2) is 3.89. The molecule has 0 aliphatic rings. The van der Waals surface area contributed by atoms with Gasteiger partial charge in [0.15, 0.2) is 0 Å². The van der Waals surface area contributed by atoms with Crippen LogP contribution in [-0.2, 0) is 0 Å². The van der Waals surface area contributed by atoms with Gasteiger partial charge in [-0.1, -0.05) is 35.3 Å². The quantitative estimate of drug-likeness (QED) is 0.723. The van der Waals surface area contributed by atoms with E-state index in [0.717, 1.165) is 15.4 Å². The molecule has 0 atom stereocenters. The van der Waals surface area contributed by atoms with E-state index in [9.17, 15) is 0 Å². The van der Waals surface area contributed by atoms with Crippen LogP contribution in [0, 0.1) is 6.92 Å². The minimum absolute atomic E-state index is 0.579. The molecule has 0 aliphatic carbocycles. The Balaban J connectivity index is 2.57. The van der Waals surface area contributed by atoms with Gasteiger partial charge in [-0.3, -0.25) is 0 Å². The number of hydrogen-bond donors (Lipinski definition) is 0. The Morgan fingerprint density at radius 2 is 2.07 bits per heavy atom. The van der Waals surface area contributed by atoms with Crippen molar-refractivity contribution in [3.63, 3.8) is 0 Å². The fraction of sp³-hybridized carbons (Fsp3) is 0.100. The molecule has 0 radical (unpaired) electrons. The summed E-state index contributed by atoms with van der Waals surface area (Å²) in [7, 11) is 0. The predicted octanol–water partition coefficient (Wildman–Crippen LogP) is 4.43. The zero-order valence-electron chi connectivity index (χ0n) is 7.42. The number of halogens is 2. The number of thiazole rings is 1. The van der Waals surface area contributed by atoms with Crippen LogP contribution in [0.4, 0.5) is 0 Å². The molecule has 2 rings (SSSR count). The highest BCUT2D eigenvalue weighted by Gasteiger charge is 2.08. The molecular weight excluding hydrogens is 237 g/mol. The van der Waals surface area contributed by atoms with Crippen molar-refractivity contribution in [3.05, 3.63) is 39.4 Å². The van der Waals surface area contributed by atoms with E-state index in [1.807, 2.05) is 25.3 Å². The lowest BCUT2D eigenvalue weighted by molar-refractivity contribution is 1.30. The Labute approximate surface area is 96.3 Å². The molecule has 0 saturated heterocycles. The summed E-state index contributed by atoms with van der Waals surface area (Å²) in [6, 6.07) is 5.61. The molecule has 2 aromatic rings. The molecule has 1 nitrogen and oxygen atoms in total. The Morgan fingerprint density at radius 1 is 1.29 bits per heavy atom. The highest BCUT2D eigenvalue weighted by Crippen LogP contribution is 2.35. The molecule has 0 amide bonds. The van der Waals surface area contributed by atoms with Crippen molar-refractivity contribution in [3.8, 4) is 10.4 Å². The van der Waals surface area contributed by atoms with E-state index in [1.54, 1.807) is 17.4 Å². The molecule has 4 heteroatoms. The molecule has 1 aromatic carbocycles. The first-order chi connectivity index (χ1) is 6.68. The smallest absolute Gasteiger partial charge is 0.0900 e. The zero-order valence-corrected chi connectivity index (χ0v) is 9.75. The van der Waals surface area contributed by atoms with E-state index >= 15 is 0 Å². The summed E-state index contributed by atoms with van der Waals surface area (Å²) in [5, 5.41) is 2.20. The topological polar surface area (TPSA) is 12.9 Å². The summed E-state index contributed by atoms with van der Waals surface area (Å²) in [6.07, 6.45) is 1.82. The van der Waals surface area contributed by atoms with Gasteiger partial charge in [-0.2, -0.15) is 0 Å². The van der Waals surface area contributed by atoms with E-state index in [4.69, 9.17) is 23.2 Å². The standard InChI is InChI=1S/C10H7Cl2NS/c1-6-13-5-9(14-6)7-3-2-4-8(11)10(7)12/h2-5H,1H3. The monoisotopic (exact) mass is 243 g/mol. The third-order valence-electron chi connectivity index (χ3n) is 1.84. The lowest BCUT2D eigenvalue weighted by Crippen LogP contribution is -1.75. The minimum atomic E-state index is 0.579. The van der Waals surface area contributed by atoms with Gasteiger partial charge >= 0.3 is 0 Å². The lowest BCUT2D eigenvalue weighted by atomic mass is 10.2. The van der Waals surface area contributed by atoms with Crippen LogP contribution >= 0.6 is 34.5 Å². The molecule has 0 N–H and O–H groups in total. The second-order valence-electron chi connectivity index (χ2n) is 2.84. The maximum atomic E-state index is 6.08. The Kier molecular flexibility index (Phi) is 2.77. The molecule has 1 aromatic heterocycles. The van der Waals surface area contributed by atoms with Gasteiger partial charge in [0, 0.05) is 11.8 Å². The van der Waals surface area contributed by atoms with E-state index in [0.29, 0.717) is 10.0 Å². The van der Waals surface area contributed by atoms with Crippen molar-refractivity contribution >= 4 is 34.5 Å². The number of rotatable bonds is 1. The van der Waals surface area contributed by atoms with Gasteiger partial charge in [0.05, 0.1) is 19.9 Å². The first-order valence-electron chi connectivity index (χ1n) is 4.05. The van der Waals surface area contributed by atoms with E-state index in [2.05, 4.69) is 4.98 Å². The van der Waals surface area contributed by atoms with Crippen LogP contribution < -0.4 is 0 Å². The highest BCUT2D eigenvalue weighted by molar-refractivity contribution is 7.15. The molecule has 0 fully saturated rings. The highest BCUT2D eigenvalue weighted by atomic mass is 35.5. The summed E-state index contributed by atoms with van der Waals surface area (Å²) < 4.78 is 0. The molecule has 14 heavy (non-hydrogen) atoms. The van der Waals surface area contributed by atoms with Crippen molar-refractivity contribution in [2.75, 3.05) is 0 Å². The van der Waals surface area contributed by atoms with Crippen molar-refractivity contribution in [2.45, 2.75) is 6.92 Å². The number of aromatic nitrogens is 1. The van der Waals surface area contributed by atoms with Gasteiger partial charge in [-0.25, -0.2) is 4.98 Å². The van der Waals surface area contributed by atoms with Gasteiger partial charge in [0.25, 0.3) is 0 Å². The first kappa shape index (κ1) is 9.97. The van der Waals surface area contributed by atoms with E-state index < -0.39 is 0 Å². The Hall–Kier alpha value is -0.570. The third-order valence-corrected chi connectivity index (χ3v) is 3.60. The summed E-state index contributed by atoms with van der Waals surface area (Å²) in [5.74, 6) is 0.